The number of ether oxygens (including phenoxy) is 2. The van der Waals surface area contributed by atoms with E-state index in [1.807, 2.05) is 32.9 Å². The maximum atomic E-state index is 5.95. The average Bonchev–Trinajstić information content (AvgIpc) is 2.65. The van der Waals surface area contributed by atoms with Gasteiger partial charge in [-0.05, 0) is 51.0 Å². The average molecular weight is 370 g/mol. The van der Waals surface area contributed by atoms with Gasteiger partial charge in [-0.15, -0.1) is 0 Å². The molecule has 146 valence electrons. The number of guanidine groups is 1. The Morgan fingerprint density at radius 3 is 2.70 bits per heavy atom. The Labute approximate surface area is 162 Å². The fourth-order valence-corrected chi connectivity index (χ4v) is 2.52. The number of hydrogen-bond acceptors (Lipinski definition) is 4. The second kappa shape index (κ2) is 10.4. The summed E-state index contributed by atoms with van der Waals surface area (Å²) in [6.07, 6.45) is 1.86. The van der Waals surface area contributed by atoms with Crippen LogP contribution in [0.2, 0.25) is 0 Å². The van der Waals surface area contributed by atoms with Gasteiger partial charge in [-0.1, -0.05) is 12.1 Å². The number of nitrogens with zero attached hydrogens (tertiary/aromatic N) is 2. The number of aromatic nitrogens is 1. The number of aliphatic imine (C=N–C) groups is 1. The minimum Gasteiger partial charge on any atom is -0.491 e. The summed E-state index contributed by atoms with van der Waals surface area (Å²) in [5.74, 6) is 2.26. The number of benzene rings is 1. The van der Waals surface area contributed by atoms with Crippen molar-refractivity contribution in [2.24, 2.45) is 4.99 Å². The lowest BCUT2D eigenvalue weighted by atomic mass is 10.1. The molecule has 0 fully saturated rings. The van der Waals surface area contributed by atoms with E-state index in [9.17, 15) is 0 Å². The van der Waals surface area contributed by atoms with Gasteiger partial charge < -0.3 is 20.1 Å². The zero-order valence-corrected chi connectivity index (χ0v) is 16.9. The maximum absolute atomic E-state index is 5.95. The lowest BCUT2D eigenvalue weighted by Gasteiger charge is -2.17. The molecule has 1 aromatic heterocycles. The minimum atomic E-state index is 0.133. The minimum absolute atomic E-state index is 0.133. The highest BCUT2D eigenvalue weighted by Gasteiger charge is 2.07. The van der Waals surface area contributed by atoms with Crippen LogP contribution in [-0.2, 0) is 13.1 Å². The number of rotatable bonds is 8. The number of pyridine rings is 1. The van der Waals surface area contributed by atoms with E-state index in [0.717, 1.165) is 29.4 Å². The molecule has 0 amide bonds. The Bertz CT molecular complexity index is 760. The fourth-order valence-electron chi connectivity index (χ4n) is 2.52. The van der Waals surface area contributed by atoms with Crippen LogP contribution >= 0.6 is 0 Å². The summed E-state index contributed by atoms with van der Waals surface area (Å²) in [5, 5.41) is 6.66. The highest BCUT2D eigenvalue weighted by atomic mass is 16.5. The quantitative estimate of drug-likeness (QED) is 0.550. The number of hydrogen-bond donors (Lipinski definition) is 2. The molecule has 0 bridgehead atoms. The molecule has 0 saturated heterocycles. The van der Waals surface area contributed by atoms with Crippen molar-refractivity contribution >= 4 is 5.96 Å². The van der Waals surface area contributed by atoms with Crippen LogP contribution in [0.15, 0.2) is 41.5 Å². The topological polar surface area (TPSA) is 67.8 Å². The second-order valence-corrected chi connectivity index (χ2v) is 6.53. The van der Waals surface area contributed by atoms with Gasteiger partial charge in [0, 0.05) is 30.9 Å². The first kappa shape index (κ1) is 20.6. The first-order valence-corrected chi connectivity index (χ1v) is 9.29. The van der Waals surface area contributed by atoms with Gasteiger partial charge in [-0.3, -0.25) is 0 Å². The van der Waals surface area contributed by atoms with Gasteiger partial charge in [-0.2, -0.15) is 0 Å². The third kappa shape index (κ3) is 6.81. The largest absolute Gasteiger partial charge is 0.491 e. The van der Waals surface area contributed by atoms with Gasteiger partial charge >= 0.3 is 0 Å². The lowest BCUT2D eigenvalue weighted by molar-refractivity contribution is 0.239. The van der Waals surface area contributed by atoms with E-state index in [1.165, 1.54) is 5.56 Å². The fraction of sp³-hybridized carbons (Fsp3) is 0.429. The van der Waals surface area contributed by atoms with E-state index >= 15 is 0 Å². The van der Waals surface area contributed by atoms with Gasteiger partial charge in [0.05, 0.1) is 19.8 Å². The summed E-state index contributed by atoms with van der Waals surface area (Å²) in [4.78, 5) is 8.77. The molecular formula is C21H30N4O2. The molecule has 0 aliphatic carbocycles. The molecule has 6 nitrogen and oxygen atoms in total. The Kier molecular flexibility index (Phi) is 7.92. The van der Waals surface area contributed by atoms with Crippen molar-refractivity contribution in [1.29, 1.82) is 0 Å². The van der Waals surface area contributed by atoms with Crippen molar-refractivity contribution in [3.8, 4) is 11.6 Å². The van der Waals surface area contributed by atoms with Crippen molar-refractivity contribution in [2.75, 3.05) is 13.7 Å². The zero-order chi connectivity index (χ0) is 19.6. The number of methoxy groups -OCH3 is 1. The smallest absolute Gasteiger partial charge is 0.213 e. The first-order chi connectivity index (χ1) is 13.0. The van der Waals surface area contributed by atoms with Crippen LogP contribution in [0, 0.1) is 6.92 Å². The normalized spacial score (nSPS) is 11.4. The zero-order valence-electron chi connectivity index (χ0n) is 16.9. The Morgan fingerprint density at radius 2 is 2.00 bits per heavy atom. The van der Waals surface area contributed by atoms with Gasteiger partial charge in [-0.25, -0.2) is 9.98 Å². The highest BCUT2D eigenvalue weighted by molar-refractivity contribution is 5.79. The molecule has 0 aliphatic rings. The van der Waals surface area contributed by atoms with E-state index in [1.54, 1.807) is 13.3 Å². The summed E-state index contributed by atoms with van der Waals surface area (Å²) in [5.41, 5.74) is 3.32. The molecule has 27 heavy (non-hydrogen) atoms. The Balaban J connectivity index is 2.07. The summed E-state index contributed by atoms with van der Waals surface area (Å²) in [7, 11) is 1.61. The van der Waals surface area contributed by atoms with Crippen molar-refractivity contribution < 1.29 is 9.47 Å². The molecule has 0 saturated carbocycles. The third-order valence-corrected chi connectivity index (χ3v) is 3.80. The second-order valence-electron chi connectivity index (χ2n) is 6.53. The lowest BCUT2D eigenvalue weighted by Crippen LogP contribution is -2.36. The van der Waals surface area contributed by atoms with Crippen molar-refractivity contribution in [1.82, 2.24) is 15.6 Å². The van der Waals surface area contributed by atoms with Crippen LogP contribution in [0.1, 0.15) is 37.5 Å². The SMILES string of the molecule is CCNC(=NCc1ccnc(OC)c1)NCc1ccc(C)cc1OC(C)C. The molecule has 0 unspecified atom stereocenters. The summed E-state index contributed by atoms with van der Waals surface area (Å²) in [6, 6.07) is 10.1. The van der Waals surface area contributed by atoms with Crippen LogP contribution < -0.4 is 20.1 Å². The van der Waals surface area contributed by atoms with Gasteiger partial charge in [0.1, 0.15) is 5.75 Å². The molecule has 6 heteroatoms. The van der Waals surface area contributed by atoms with Crippen molar-refractivity contribution in [3.63, 3.8) is 0 Å². The predicted molar refractivity (Wildman–Crippen MR) is 109 cm³/mol. The van der Waals surface area contributed by atoms with Crippen LogP contribution in [0.25, 0.3) is 0 Å². The van der Waals surface area contributed by atoms with E-state index in [-0.39, 0.29) is 6.10 Å². The highest BCUT2D eigenvalue weighted by Crippen LogP contribution is 2.21. The number of aryl methyl sites for hydroxylation is 1. The van der Waals surface area contributed by atoms with E-state index in [0.29, 0.717) is 19.0 Å². The maximum Gasteiger partial charge on any atom is 0.213 e. The first-order valence-electron chi connectivity index (χ1n) is 9.29. The summed E-state index contributed by atoms with van der Waals surface area (Å²) < 4.78 is 11.1. The Morgan fingerprint density at radius 1 is 1.19 bits per heavy atom. The van der Waals surface area contributed by atoms with Crippen molar-refractivity contribution in [3.05, 3.63) is 53.2 Å². The molecule has 2 aromatic rings. The van der Waals surface area contributed by atoms with Crippen LogP contribution in [0.5, 0.6) is 11.6 Å². The standard InChI is InChI=1S/C21H30N4O2/c1-6-22-21(24-13-17-9-10-23-20(12-17)26-5)25-14-18-8-7-16(4)11-19(18)27-15(2)3/h7-12,15H,6,13-14H2,1-5H3,(H2,22,24,25). The van der Waals surface area contributed by atoms with Crippen LogP contribution in [-0.4, -0.2) is 30.7 Å². The monoisotopic (exact) mass is 370 g/mol. The van der Waals surface area contributed by atoms with Gasteiger partial charge in [0.15, 0.2) is 5.96 Å². The molecule has 0 atom stereocenters. The van der Waals surface area contributed by atoms with E-state index in [2.05, 4.69) is 45.7 Å². The number of nitrogens with one attached hydrogen (secondary N) is 2. The van der Waals surface area contributed by atoms with Crippen molar-refractivity contribution in [2.45, 2.75) is 46.9 Å². The summed E-state index contributed by atoms with van der Waals surface area (Å²) >= 11 is 0. The predicted octanol–water partition coefficient (Wildman–Crippen LogP) is 3.44. The molecular weight excluding hydrogens is 340 g/mol. The molecule has 1 aromatic carbocycles. The van der Waals surface area contributed by atoms with Gasteiger partial charge in [0.2, 0.25) is 5.88 Å². The molecule has 2 N–H and O–H groups in total. The third-order valence-electron chi connectivity index (χ3n) is 3.80. The Hall–Kier alpha value is -2.76. The van der Waals surface area contributed by atoms with Crippen LogP contribution in [0.3, 0.4) is 0 Å². The summed E-state index contributed by atoms with van der Waals surface area (Å²) in [6.45, 7) is 10.1. The molecule has 0 spiro atoms. The van der Waals surface area contributed by atoms with Gasteiger partial charge in [0.25, 0.3) is 0 Å². The molecule has 0 aliphatic heterocycles. The molecule has 0 radical (unpaired) electrons. The van der Waals surface area contributed by atoms with Crippen LogP contribution in [0.4, 0.5) is 0 Å². The molecule has 1 heterocycles. The van der Waals surface area contributed by atoms with E-state index < -0.39 is 0 Å². The molecule has 2 rings (SSSR count). The van der Waals surface area contributed by atoms with E-state index in [4.69, 9.17) is 9.47 Å².